The number of amides is 1. The zero-order chi connectivity index (χ0) is 22.7. The number of nitrogens with one attached hydrogen (secondary N) is 1. The number of thioether (sulfide) groups is 1. The zero-order valence-corrected chi connectivity index (χ0v) is 18.3. The number of rotatable bonds is 7. The van der Waals surface area contributed by atoms with Gasteiger partial charge in [-0.15, -0.1) is 10.2 Å². The minimum atomic E-state index is -1.04. The van der Waals surface area contributed by atoms with Crippen molar-refractivity contribution in [3.8, 4) is 5.69 Å². The van der Waals surface area contributed by atoms with Gasteiger partial charge in [-0.05, 0) is 64.3 Å². The highest BCUT2D eigenvalue weighted by Gasteiger charge is 2.24. The second kappa shape index (κ2) is 9.52. The molecule has 6 nitrogen and oxygen atoms in total. The highest BCUT2D eigenvalue weighted by Crippen LogP contribution is 2.30. The number of halogens is 3. The fraction of sp³-hybridized carbons (Fsp3) is 0.286. The van der Waals surface area contributed by atoms with Crippen LogP contribution in [0.2, 0.25) is 0 Å². The lowest BCUT2D eigenvalue weighted by Crippen LogP contribution is -2.23. The van der Waals surface area contributed by atoms with Gasteiger partial charge in [0.05, 0.1) is 11.3 Å². The van der Waals surface area contributed by atoms with E-state index in [1.807, 2.05) is 25.9 Å². The van der Waals surface area contributed by atoms with E-state index in [-0.39, 0.29) is 17.5 Å². The molecule has 31 heavy (non-hydrogen) atoms. The monoisotopic (exact) mass is 449 g/mol. The molecule has 0 saturated heterocycles. The Bertz CT molecular complexity index is 1070. The fourth-order valence-electron chi connectivity index (χ4n) is 2.72. The van der Waals surface area contributed by atoms with Crippen molar-refractivity contribution in [2.75, 3.05) is 19.4 Å². The van der Waals surface area contributed by atoms with Gasteiger partial charge in [0.25, 0.3) is 0 Å². The zero-order valence-electron chi connectivity index (χ0n) is 17.4. The normalized spacial score (nSPS) is 13.3. The van der Waals surface area contributed by atoms with E-state index in [0.717, 1.165) is 23.9 Å². The third kappa shape index (κ3) is 5.26. The molecule has 2 aromatic carbocycles. The maximum atomic E-state index is 13.4. The van der Waals surface area contributed by atoms with Gasteiger partial charge >= 0.3 is 0 Å². The predicted octanol–water partition coefficient (Wildman–Crippen LogP) is 4.43. The van der Waals surface area contributed by atoms with Crippen LogP contribution in [0.3, 0.4) is 0 Å². The number of anilines is 1. The molecule has 1 N–H and O–H groups in total. The number of nitrogens with zero attached hydrogens (tertiary/aromatic N) is 4. The molecule has 0 bridgehead atoms. The van der Waals surface area contributed by atoms with E-state index in [0.29, 0.717) is 16.7 Å². The molecule has 0 spiro atoms. The van der Waals surface area contributed by atoms with Crippen molar-refractivity contribution in [2.45, 2.75) is 30.3 Å². The lowest BCUT2D eigenvalue weighted by Gasteiger charge is -2.21. The van der Waals surface area contributed by atoms with Crippen LogP contribution in [0, 0.1) is 17.5 Å². The van der Waals surface area contributed by atoms with Gasteiger partial charge in [0.15, 0.2) is 22.6 Å². The molecule has 0 saturated carbocycles. The van der Waals surface area contributed by atoms with Gasteiger partial charge in [0.2, 0.25) is 5.91 Å². The number of carbonyl (C=O) groups is 1. The summed E-state index contributed by atoms with van der Waals surface area (Å²) in [4.78, 5) is 14.5. The minimum absolute atomic E-state index is 0.0989. The second-order valence-corrected chi connectivity index (χ2v) is 8.48. The van der Waals surface area contributed by atoms with Gasteiger partial charge in [-0.25, -0.2) is 13.2 Å². The van der Waals surface area contributed by atoms with Crippen LogP contribution in [-0.4, -0.2) is 44.9 Å². The molecule has 2 unspecified atom stereocenters. The van der Waals surface area contributed by atoms with Gasteiger partial charge in [0.1, 0.15) is 5.82 Å². The number of carbonyl (C=O) groups excluding carboxylic acids is 1. The largest absolute Gasteiger partial charge is 0.325 e. The summed E-state index contributed by atoms with van der Waals surface area (Å²) in [5.41, 5.74) is 0.809. The topological polar surface area (TPSA) is 63.1 Å². The van der Waals surface area contributed by atoms with Crippen LogP contribution in [0.25, 0.3) is 5.69 Å². The highest BCUT2D eigenvalue weighted by atomic mass is 32.2. The number of aromatic nitrogens is 3. The molecule has 2 atom stereocenters. The molecular formula is C21H22F3N5OS. The summed E-state index contributed by atoms with van der Waals surface area (Å²) in [6, 6.07) is 8.96. The molecule has 3 aromatic rings. The first-order valence-electron chi connectivity index (χ1n) is 9.47. The van der Waals surface area contributed by atoms with E-state index in [9.17, 15) is 18.0 Å². The predicted molar refractivity (Wildman–Crippen MR) is 114 cm³/mol. The summed E-state index contributed by atoms with van der Waals surface area (Å²) in [5, 5.41) is 10.9. The first-order chi connectivity index (χ1) is 14.7. The minimum Gasteiger partial charge on any atom is -0.325 e. The van der Waals surface area contributed by atoms with E-state index in [4.69, 9.17) is 0 Å². The molecule has 1 heterocycles. The summed E-state index contributed by atoms with van der Waals surface area (Å²) < 4.78 is 41.7. The average Bonchev–Trinajstić information content (AvgIpc) is 3.13. The SMILES string of the molecule is CC(Sc1nnc(C(C)N(C)C)n1-c1ccc(F)cc1)C(=O)Nc1ccc(F)c(F)c1. The summed E-state index contributed by atoms with van der Waals surface area (Å²) >= 11 is 1.15. The molecule has 1 aromatic heterocycles. The summed E-state index contributed by atoms with van der Waals surface area (Å²) in [7, 11) is 3.80. The first kappa shape index (κ1) is 22.8. The Morgan fingerprint density at radius 2 is 1.71 bits per heavy atom. The Morgan fingerprint density at radius 1 is 1.03 bits per heavy atom. The molecule has 0 aliphatic carbocycles. The molecule has 3 rings (SSSR count). The van der Waals surface area contributed by atoms with Crippen LogP contribution < -0.4 is 5.32 Å². The van der Waals surface area contributed by atoms with Gasteiger partial charge in [-0.2, -0.15) is 0 Å². The molecule has 1 amide bonds. The van der Waals surface area contributed by atoms with Gasteiger partial charge < -0.3 is 5.32 Å². The van der Waals surface area contributed by atoms with Gasteiger partial charge in [-0.1, -0.05) is 11.8 Å². The average molecular weight is 450 g/mol. The van der Waals surface area contributed by atoms with E-state index in [1.165, 1.54) is 18.2 Å². The third-order valence-corrected chi connectivity index (χ3v) is 5.77. The molecule has 164 valence electrons. The fourth-order valence-corrected chi connectivity index (χ4v) is 3.60. The van der Waals surface area contributed by atoms with Crippen LogP contribution in [0.5, 0.6) is 0 Å². The molecule has 0 aliphatic rings. The molecule has 0 radical (unpaired) electrons. The van der Waals surface area contributed by atoms with Crippen LogP contribution >= 0.6 is 11.8 Å². The number of hydrogen-bond acceptors (Lipinski definition) is 5. The Morgan fingerprint density at radius 3 is 2.32 bits per heavy atom. The number of hydrogen-bond donors (Lipinski definition) is 1. The lowest BCUT2D eigenvalue weighted by atomic mass is 10.2. The lowest BCUT2D eigenvalue weighted by molar-refractivity contribution is -0.115. The smallest absolute Gasteiger partial charge is 0.237 e. The third-order valence-electron chi connectivity index (χ3n) is 4.73. The molecule has 0 fully saturated rings. The Balaban J connectivity index is 1.86. The van der Waals surface area contributed by atoms with Crippen molar-refractivity contribution in [1.29, 1.82) is 0 Å². The van der Waals surface area contributed by atoms with Gasteiger partial charge in [0, 0.05) is 17.4 Å². The summed E-state index contributed by atoms with van der Waals surface area (Å²) in [5.74, 6) is -2.18. The van der Waals surface area contributed by atoms with Crippen molar-refractivity contribution in [3.63, 3.8) is 0 Å². The summed E-state index contributed by atoms with van der Waals surface area (Å²) in [6.45, 7) is 3.62. The Hall–Kier alpha value is -2.85. The van der Waals surface area contributed by atoms with Crippen LogP contribution in [0.1, 0.15) is 25.7 Å². The van der Waals surface area contributed by atoms with Gasteiger partial charge in [-0.3, -0.25) is 14.3 Å². The Labute approximate surface area is 182 Å². The maximum Gasteiger partial charge on any atom is 0.237 e. The van der Waals surface area contributed by atoms with Crippen molar-refractivity contribution in [2.24, 2.45) is 0 Å². The summed E-state index contributed by atoms with van der Waals surface area (Å²) in [6.07, 6.45) is 0. The molecule has 0 aliphatic heterocycles. The highest BCUT2D eigenvalue weighted by molar-refractivity contribution is 8.00. The second-order valence-electron chi connectivity index (χ2n) is 7.17. The van der Waals surface area contributed by atoms with E-state index >= 15 is 0 Å². The maximum absolute atomic E-state index is 13.4. The van der Waals surface area contributed by atoms with Crippen molar-refractivity contribution in [1.82, 2.24) is 19.7 Å². The van der Waals surface area contributed by atoms with Crippen LogP contribution in [-0.2, 0) is 4.79 Å². The van der Waals surface area contributed by atoms with Crippen molar-refractivity contribution in [3.05, 3.63) is 65.7 Å². The van der Waals surface area contributed by atoms with Crippen LogP contribution in [0.15, 0.2) is 47.6 Å². The number of benzene rings is 2. The first-order valence-corrected chi connectivity index (χ1v) is 10.4. The standard InChI is InChI=1S/C21H22F3N5OS/c1-12(28(3)4)19-26-27-21(29(19)16-8-5-14(22)6-9-16)31-13(2)20(30)25-15-7-10-17(23)18(24)11-15/h5-13H,1-4H3,(H,25,30). The molecular weight excluding hydrogens is 427 g/mol. The van der Waals surface area contributed by atoms with E-state index in [2.05, 4.69) is 15.5 Å². The van der Waals surface area contributed by atoms with Crippen LogP contribution in [0.4, 0.5) is 18.9 Å². The molecule has 10 heteroatoms. The quantitative estimate of drug-likeness (QED) is 0.541. The van der Waals surface area contributed by atoms with Crippen molar-refractivity contribution < 1.29 is 18.0 Å². The van der Waals surface area contributed by atoms with E-state index < -0.39 is 22.8 Å². The van der Waals surface area contributed by atoms with E-state index in [1.54, 1.807) is 23.6 Å². The van der Waals surface area contributed by atoms with Crippen molar-refractivity contribution >= 4 is 23.4 Å². The Kier molecular flexibility index (Phi) is 7.01.